The van der Waals surface area contributed by atoms with Gasteiger partial charge in [-0.2, -0.15) is 0 Å². The predicted molar refractivity (Wildman–Crippen MR) is 122 cm³/mol. The molecular formula is C22H37N5O3. The van der Waals surface area contributed by atoms with Crippen molar-refractivity contribution in [1.82, 2.24) is 15.5 Å². The van der Waals surface area contributed by atoms with Crippen LogP contribution in [0, 0.1) is 5.92 Å². The fourth-order valence-corrected chi connectivity index (χ4v) is 2.74. The highest BCUT2D eigenvalue weighted by molar-refractivity contribution is 5.94. The molecule has 1 unspecified atom stereocenters. The Morgan fingerprint density at radius 2 is 1.80 bits per heavy atom. The Hall–Kier alpha value is -2.77. The SMILES string of the molecule is CN=C(NCC(=O)Nc1ccccc1)N(C)CCC(NC(=O)OC(C)(C)C)C(C)C. The number of ether oxygens (including phenoxy) is 1. The van der Waals surface area contributed by atoms with Crippen molar-refractivity contribution >= 4 is 23.6 Å². The van der Waals surface area contributed by atoms with Crippen LogP contribution >= 0.6 is 0 Å². The van der Waals surface area contributed by atoms with Crippen molar-refractivity contribution in [3.05, 3.63) is 30.3 Å². The molecule has 168 valence electrons. The number of carbonyl (C=O) groups is 2. The molecule has 1 aromatic rings. The van der Waals surface area contributed by atoms with Crippen LogP contribution in [0.4, 0.5) is 10.5 Å². The van der Waals surface area contributed by atoms with Gasteiger partial charge in [0.05, 0.1) is 6.54 Å². The first-order valence-electron chi connectivity index (χ1n) is 10.3. The lowest BCUT2D eigenvalue weighted by atomic mass is 10.0. The summed E-state index contributed by atoms with van der Waals surface area (Å²) in [7, 11) is 3.57. The summed E-state index contributed by atoms with van der Waals surface area (Å²) in [4.78, 5) is 30.4. The number of aliphatic imine (C=N–C) groups is 1. The molecule has 0 aromatic heterocycles. The summed E-state index contributed by atoms with van der Waals surface area (Å²) in [5.41, 5.74) is 0.218. The maximum Gasteiger partial charge on any atom is 0.407 e. The fraction of sp³-hybridized carbons (Fsp3) is 0.591. The van der Waals surface area contributed by atoms with Gasteiger partial charge >= 0.3 is 6.09 Å². The Balaban J connectivity index is 2.51. The number of hydrogen-bond donors (Lipinski definition) is 3. The molecule has 0 saturated carbocycles. The fourth-order valence-electron chi connectivity index (χ4n) is 2.74. The summed E-state index contributed by atoms with van der Waals surface area (Å²) < 4.78 is 5.36. The standard InChI is InChI=1S/C22H37N5O3/c1-16(2)18(26-21(29)30-22(3,4)5)13-14-27(7)20(23-6)24-15-19(28)25-17-11-9-8-10-12-17/h8-12,16,18H,13-15H2,1-7H3,(H,23,24)(H,25,28)(H,26,29). The van der Waals surface area contributed by atoms with Crippen LogP contribution in [0.25, 0.3) is 0 Å². The highest BCUT2D eigenvalue weighted by Crippen LogP contribution is 2.11. The molecule has 0 heterocycles. The van der Waals surface area contributed by atoms with Crippen molar-refractivity contribution in [2.24, 2.45) is 10.9 Å². The smallest absolute Gasteiger partial charge is 0.407 e. The van der Waals surface area contributed by atoms with Crippen molar-refractivity contribution in [3.8, 4) is 0 Å². The Kier molecular flexibility index (Phi) is 10.1. The Morgan fingerprint density at radius 1 is 1.17 bits per heavy atom. The summed E-state index contributed by atoms with van der Waals surface area (Å²) in [5.74, 6) is 0.706. The molecule has 0 radical (unpaired) electrons. The first-order chi connectivity index (χ1) is 14.0. The van der Waals surface area contributed by atoms with Crippen LogP contribution in [0.2, 0.25) is 0 Å². The minimum atomic E-state index is -0.533. The largest absolute Gasteiger partial charge is 0.444 e. The highest BCUT2D eigenvalue weighted by Gasteiger charge is 2.22. The first kappa shape index (κ1) is 25.3. The van der Waals surface area contributed by atoms with Crippen LogP contribution in [0.3, 0.4) is 0 Å². The summed E-state index contributed by atoms with van der Waals surface area (Å²) >= 11 is 0. The molecule has 8 nitrogen and oxygen atoms in total. The molecule has 30 heavy (non-hydrogen) atoms. The van der Waals surface area contributed by atoms with Crippen molar-refractivity contribution in [2.45, 2.75) is 52.7 Å². The number of carbonyl (C=O) groups excluding carboxylic acids is 2. The Morgan fingerprint density at radius 3 is 2.33 bits per heavy atom. The lowest BCUT2D eigenvalue weighted by molar-refractivity contribution is -0.115. The summed E-state index contributed by atoms with van der Waals surface area (Å²) in [6.07, 6.45) is 0.300. The normalized spacial score (nSPS) is 12.9. The van der Waals surface area contributed by atoms with E-state index >= 15 is 0 Å². The monoisotopic (exact) mass is 419 g/mol. The van der Waals surface area contributed by atoms with E-state index in [1.54, 1.807) is 7.05 Å². The second-order valence-corrected chi connectivity index (χ2v) is 8.52. The quantitative estimate of drug-likeness (QED) is 0.445. The second-order valence-electron chi connectivity index (χ2n) is 8.52. The van der Waals surface area contributed by atoms with Crippen molar-refractivity contribution in [3.63, 3.8) is 0 Å². The number of para-hydroxylation sites is 1. The minimum Gasteiger partial charge on any atom is -0.444 e. The molecule has 8 heteroatoms. The van der Waals surface area contributed by atoms with Gasteiger partial charge < -0.3 is 25.6 Å². The van der Waals surface area contributed by atoms with Gasteiger partial charge in [0.2, 0.25) is 5.91 Å². The maximum absolute atomic E-state index is 12.1. The maximum atomic E-state index is 12.1. The molecule has 2 amide bonds. The molecule has 0 aliphatic carbocycles. The Labute approximate surface area is 180 Å². The van der Waals surface area contributed by atoms with Gasteiger partial charge in [0.25, 0.3) is 0 Å². The van der Waals surface area contributed by atoms with E-state index in [0.29, 0.717) is 18.9 Å². The van der Waals surface area contributed by atoms with E-state index in [1.807, 2.05) is 63.1 Å². The summed E-state index contributed by atoms with van der Waals surface area (Å²) in [5, 5.41) is 8.85. The topological polar surface area (TPSA) is 95.1 Å². The number of nitrogens with one attached hydrogen (secondary N) is 3. The highest BCUT2D eigenvalue weighted by atomic mass is 16.6. The molecule has 0 bridgehead atoms. The van der Waals surface area contributed by atoms with Crippen LogP contribution in [-0.4, -0.2) is 61.7 Å². The van der Waals surface area contributed by atoms with Crippen molar-refractivity contribution in [2.75, 3.05) is 32.5 Å². The molecule has 3 N–H and O–H groups in total. The zero-order chi connectivity index (χ0) is 22.7. The van der Waals surface area contributed by atoms with Crippen LogP contribution < -0.4 is 16.0 Å². The van der Waals surface area contributed by atoms with Crippen LogP contribution in [0.5, 0.6) is 0 Å². The molecule has 0 fully saturated rings. The molecule has 1 rings (SSSR count). The van der Waals surface area contributed by atoms with Crippen molar-refractivity contribution in [1.29, 1.82) is 0 Å². The predicted octanol–water partition coefficient (Wildman–Crippen LogP) is 3.07. The van der Waals surface area contributed by atoms with Crippen LogP contribution in [-0.2, 0) is 9.53 Å². The lowest BCUT2D eigenvalue weighted by Gasteiger charge is -2.28. The van der Waals surface area contributed by atoms with E-state index in [4.69, 9.17) is 4.74 Å². The van der Waals surface area contributed by atoms with Gasteiger partial charge in [-0.15, -0.1) is 0 Å². The van der Waals surface area contributed by atoms with Gasteiger partial charge in [0, 0.05) is 32.4 Å². The van der Waals surface area contributed by atoms with E-state index in [2.05, 4.69) is 34.8 Å². The third kappa shape index (κ3) is 10.1. The van der Waals surface area contributed by atoms with Gasteiger partial charge in [-0.05, 0) is 45.2 Å². The number of anilines is 1. The minimum absolute atomic E-state index is 0.0400. The van der Waals surface area contributed by atoms with E-state index < -0.39 is 11.7 Å². The van der Waals surface area contributed by atoms with Crippen LogP contribution in [0.1, 0.15) is 41.0 Å². The van der Waals surface area contributed by atoms with E-state index in [-0.39, 0.29) is 24.4 Å². The second kappa shape index (κ2) is 12.0. The average molecular weight is 420 g/mol. The number of guanidine groups is 1. The van der Waals surface area contributed by atoms with E-state index in [1.165, 1.54) is 0 Å². The molecule has 0 spiro atoms. The molecule has 0 aliphatic rings. The molecule has 0 aliphatic heterocycles. The van der Waals surface area contributed by atoms with E-state index in [9.17, 15) is 9.59 Å². The zero-order valence-corrected chi connectivity index (χ0v) is 19.3. The summed E-state index contributed by atoms with van der Waals surface area (Å²) in [6.45, 7) is 10.4. The van der Waals surface area contributed by atoms with Crippen molar-refractivity contribution < 1.29 is 14.3 Å². The molecule has 0 saturated heterocycles. The lowest BCUT2D eigenvalue weighted by Crippen LogP contribution is -2.46. The Bertz CT molecular complexity index is 698. The number of alkyl carbamates (subject to hydrolysis) is 1. The van der Waals surface area contributed by atoms with Gasteiger partial charge in [0.15, 0.2) is 5.96 Å². The zero-order valence-electron chi connectivity index (χ0n) is 19.3. The molecule has 1 aromatic carbocycles. The first-order valence-corrected chi connectivity index (χ1v) is 10.3. The molecule has 1 atom stereocenters. The third-order valence-corrected chi connectivity index (χ3v) is 4.32. The molecular weight excluding hydrogens is 382 g/mol. The number of rotatable bonds is 8. The summed E-state index contributed by atoms with van der Waals surface area (Å²) in [6, 6.07) is 9.26. The number of nitrogens with zero attached hydrogens (tertiary/aromatic N) is 2. The van der Waals surface area contributed by atoms with Gasteiger partial charge in [0.1, 0.15) is 5.60 Å². The number of hydrogen-bond acceptors (Lipinski definition) is 4. The van der Waals surface area contributed by atoms with Gasteiger partial charge in [-0.1, -0.05) is 32.0 Å². The van der Waals surface area contributed by atoms with Crippen LogP contribution in [0.15, 0.2) is 35.3 Å². The third-order valence-electron chi connectivity index (χ3n) is 4.32. The number of benzene rings is 1. The van der Waals surface area contributed by atoms with Gasteiger partial charge in [-0.3, -0.25) is 9.79 Å². The number of amides is 2. The van der Waals surface area contributed by atoms with E-state index in [0.717, 1.165) is 5.69 Å². The average Bonchev–Trinajstić information content (AvgIpc) is 2.64. The van der Waals surface area contributed by atoms with Gasteiger partial charge in [-0.25, -0.2) is 4.79 Å².